The average Bonchev–Trinajstić information content (AvgIpc) is 2.41. The molecule has 1 N–H and O–H groups in total. The summed E-state index contributed by atoms with van der Waals surface area (Å²) in [6.45, 7) is 11.6. The van der Waals surface area contributed by atoms with Crippen molar-refractivity contribution in [2.24, 2.45) is 0 Å². The fourth-order valence-electron chi connectivity index (χ4n) is 2.81. The molecule has 0 radical (unpaired) electrons. The molecule has 1 aromatic heterocycles. The molecule has 1 heterocycles. The lowest BCUT2D eigenvalue weighted by molar-refractivity contribution is 0.0986. The van der Waals surface area contributed by atoms with Crippen LogP contribution in [0.25, 0.3) is 10.9 Å². The largest absolute Gasteiger partial charge is 0.358 e. The highest BCUT2D eigenvalue weighted by atomic mass is 16.1. The third-order valence-corrected chi connectivity index (χ3v) is 4.43. The van der Waals surface area contributed by atoms with Crippen LogP contribution >= 0.6 is 0 Å². The molecule has 0 atom stereocenters. The Hall–Kier alpha value is -1.90. The van der Waals surface area contributed by atoms with Gasteiger partial charge in [0.15, 0.2) is 5.78 Å². The van der Waals surface area contributed by atoms with Crippen molar-refractivity contribution in [3.63, 3.8) is 0 Å². The van der Waals surface area contributed by atoms with E-state index in [-0.39, 0.29) is 11.2 Å². The second-order valence-electron chi connectivity index (χ2n) is 5.48. The highest BCUT2D eigenvalue weighted by molar-refractivity contribution is 6.01. The van der Waals surface area contributed by atoms with E-state index in [1.54, 1.807) is 13.8 Å². The Morgan fingerprint density at radius 1 is 0.950 bits per heavy atom. The zero-order valence-electron chi connectivity index (χ0n) is 13.0. The van der Waals surface area contributed by atoms with Crippen molar-refractivity contribution in [1.82, 2.24) is 4.98 Å². The van der Waals surface area contributed by atoms with Gasteiger partial charge in [-0.15, -0.1) is 0 Å². The molecule has 0 fully saturated rings. The SMILES string of the molecule is CCC(=O)c1c(C)[nH]c2c(C)c(C)c(C)c(C)c2c1=O. The van der Waals surface area contributed by atoms with Crippen molar-refractivity contribution < 1.29 is 4.79 Å². The molecule has 3 nitrogen and oxygen atoms in total. The fraction of sp³-hybridized carbons (Fsp3) is 0.412. The topological polar surface area (TPSA) is 49.9 Å². The zero-order valence-corrected chi connectivity index (χ0v) is 13.0. The Balaban J connectivity index is 3.08. The van der Waals surface area contributed by atoms with Crippen LogP contribution in [-0.2, 0) is 0 Å². The normalized spacial score (nSPS) is 11.1. The molecule has 0 spiro atoms. The van der Waals surface area contributed by atoms with E-state index in [0.717, 1.165) is 22.2 Å². The molecule has 1 aromatic carbocycles. The predicted octanol–water partition coefficient (Wildman–Crippen LogP) is 3.66. The van der Waals surface area contributed by atoms with Crippen molar-refractivity contribution in [3.8, 4) is 0 Å². The van der Waals surface area contributed by atoms with E-state index in [1.807, 2.05) is 20.8 Å². The quantitative estimate of drug-likeness (QED) is 0.847. The smallest absolute Gasteiger partial charge is 0.200 e. The number of benzene rings is 1. The second kappa shape index (κ2) is 4.89. The Morgan fingerprint density at radius 3 is 2.05 bits per heavy atom. The lowest BCUT2D eigenvalue weighted by atomic mass is 9.92. The van der Waals surface area contributed by atoms with Crippen molar-refractivity contribution in [2.75, 3.05) is 0 Å². The first-order valence-electron chi connectivity index (χ1n) is 6.97. The number of ketones is 1. The van der Waals surface area contributed by atoms with Gasteiger partial charge in [-0.2, -0.15) is 0 Å². The van der Waals surface area contributed by atoms with Crippen molar-refractivity contribution >= 4 is 16.7 Å². The van der Waals surface area contributed by atoms with Gasteiger partial charge in [-0.1, -0.05) is 6.92 Å². The summed E-state index contributed by atoms with van der Waals surface area (Å²) in [6.07, 6.45) is 0.346. The van der Waals surface area contributed by atoms with E-state index in [0.29, 0.717) is 23.1 Å². The van der Waals surface area contributed by atoms with Crippen LogP contribution in [0.2, 0.25) is 0 Å². The molecule has 0 saturated carbocycles. The Kier molecular flexibility index (Phi) is 3.55. The van der Waals surface area contributed by atoms with Crippen molar-refractivity contribution in [3.05, 3.63) is 43.7 Å². The first kappa shape index (κ1) is 14.5. The molecule has 2 aromatic rings. The van der Waals surface area contributed by atoms with Crippen LogP contribution < -0.4 is 5.43 Å². The lowest BCUT2D eigenvalue weighted by Crippen LogP contribution is -2.20. The number of carbonyl (C=O) groups excluding carboxylic acids is 1. The summed E-state index contributed by atoms with van der Waals surface area (Å²) in [5.41, 5.74) is 6.07. The average molecular weight is 271 g/mol. The summed E-state index contributed by atoms with van der Waals surface area (Å²) in [5, 5.41) is 0.660. The maximum Gasteiger partial charge on any atom is 0.200 e. The van der Waals surface area contributed by atoms with Gasteiger partial charge in [0, 0.05) is 17.5 Å². The Bertz CT molecular complexity index is 782. The summed E-state index contributed by atoms with van der Waals surface area (Å²) in [4.78, 5) is 28.0. The summed E-state index contributed by atoms with van der Waals surface area (Å²) < 4.78 is 0. The summed E-state index contributed by atoms with van der Waals surface area (Å²) in [7, 11) is 0. The number of hydrogen-bond acceptors (Lipinski definition) is 2. The predicted molar refractivity (Wildman–Crippen MR) is 82.9 cm³/mol. The number of aryl methyl sites for hydroxylation is 3. The molecule has 0 aliphatic rings. The molecule has 0 aliphatic heterocycles. The molecule has 0 unspecified atom stereocenters. The lowest BCUT2D eigenvalue weighted by Gasteiger charge is -2.15. The number of aromatic amines is 1. The van der Waals surface area contributed by atoms with Gasteiger partial charge in [0.05, 0.1) is 11.1 Å². The minimum Gasteiger partial charge on any atom is -0.358 e. The van der Waals surface area contributed by atoms with E-state index < -0.39 is 0 Å². The van der Waals surface area contributed by atoms with Gasteiger partial charge >= 0.3 is 0 Å². The molecule has 106 valence electrons. The van der Waals surface area contributed by atoms with E-state index in [1.165, 1.54) is 5.56 Å². The van der Waals surface area contributed by atoms with E-state index in [9.17, 15) is 9.59 Å². The van der Waals surface area contributed by atoms with E-state index in [2.05, 4.69) is 11.9 Å². The van der Waals surface area contributed by atoms with Crippen LogP contribution in [-0.4, -0.2) is 10.8 Å². The van der Waals surface area contributed by atoms with Crippen LogP contribution in [0, 0.1) is 34.6 Å². The van der Waals surface area contributed by atoms with Gasteiger partial charge in [0.25, 0.3) is 0 Å². The maximum atomic E-state index is 12.7. The van der Waals surface area contributed by atoms with Gasteiger partial charge in [-0.3, -0.25) is 9.59 Å². The molecule has 0 bridgehead atoms. The number of pyridine rings is 1. The van der Waals surface area contributed by atoms with Crippen LogP contribution in [0.5, 0.6) is 0 Å². The molecular formula is C17H21NO2. The number of H-pyrrole nitrogens is 1. The molecular weight excluding hydrogens is 250 g/mol. The number of aromatic nitrogens is 1. The van der Waals surface area contributed by atoms with Crippen molar-refractivity contribution in [2.45, 2.75) is 48.0 Å². The molecule has 0 amide bonds. The molecule has 3 heteroatoms. The van der Waals surface area contributed by atoms with E-state index in [4.69, 9.17) is 0 Å². The third kappa shape index (κ3) is 1.89. The molecule has 20 heavy (non-hydrogen) atoms. The Morgan fingerprint density at radius 2 is 1.50 bits per heavy atom. The second-order valence-corrected chi connectivity index (χ2v) is 5.48. The maximum absolute atomic E-state index is 12.7. The van der Waals surface area contributed by atoms with E-state index >= 15 is 0 Å². The number of hydrogen-bond donors (Lipinski definition) is 1. The first-order valence-corrected chi connectivity index (χ1v) is 6.97. The molecule has 0 saturated heterocycles. The van der Waals surface area contributed by atoms with Crippen LogP contribution in [0.4, 0.5) is 0 Å². The highest BCUT2D eigenvalue weighted by Gasteiger charge is 2.19. The summed E-state index contributed by atoms with van der Waals surface area (Å²) >= 11 is 0. The van der Waals surface area contributed by atoms with Crippen LogP contribution in [0.3, 0.4) is 0 Å². The van der Waals surface area contributed by atoms with Gasteiger partial charge < -0.3 is 4.98 Å². The first-order chi connectivity index (χ1) is 9.31. The van der Waals surface area contributed by atoms with Gasteiger partial charge in [0.2, 0.25) is 5.43 Å². The fourth-order valence-corrected chi connectivity index (χ4v) is 2.81. The minimum absolute atomic E-state index is 0.0964. The van der Waals surface area contributed by atoms with Crippen LogP contribution in [0.15, 0.2) is 4.79 Å². The van der Waals surface area contributed by atoms with Gasteiger partial charge in [-0.05, 0) is 56.9 Å². The third-order valence-electron chi connectivity index (χ3n) is 4.43. The molecule has 0 aliphatic carbocycles. The summed E-state index contributed by atoms with van der Waals surface area (Å²) in [6, 6.07) is 0. The number of fused-ring (bicyclic) bond motifs is 1. The molecule has 2 rings (SSSR count). The Labute approximate surface area is 119 Å². The number of carbonyl (C=O) groups is 1. The minimum atomic E-state index is -0.133. The zero-order chi connectivity index (χ0) is 15.2. The number of rotatable bonds is 2. The summed E-state index contributed by atoms with van der Waals surface area (Å²) in [5.74, 6) is -0.0964. The van der Waals surface area contributed by atoms with Crippen LogP contribution in [0.1, 0.15) is 51.7 Å². The monoisotopic (exact) mass is 271 g/mol. The number of nitrogens with one attached hydrogen (secondary N) is 1. The standard InChI is InChI=1S/C17H21NO2/c1-7-13(19)15-12(6)18-16-11(5)9(3)8(2)10(4)14(16)17(15)20/h7H2,1-6H3,(H,18,20). The number of Topliss-reactive ketones (excluding diaryl/α,β-unsaturated/α-hetero) is 1. The van der Waals surface area contributed by atoms with Gasteiger partial charge in [0.1, 0.15) is 0 Å². The highest BCUT2D eigenvalue weighted by Crippen LogP contribution is 2.26. The van der Waals surface area contributed by atoms with Crippen molar-refractivity contribution in [1.29, 1.82) is 0 Å². The van der Waals surface area contributed by atoms with Gasteiger partial charge in [-0.25, -0.2) is 0 Å².